The standard InChI is InChI=1S/C74H142NO8P/c1-6-8-10-12-14-16-18-20-22-24-26-27-28-29-30-31-32-33-34-35-36-37-38-39-40-41-42-43-44-45-46-47-49-50-52-54-56-58-60-62-64-66-73(76)80-70-72(71-82-84(78,79)81-69-68-75(3,4)5)83-74(77)67-65-63-61-59-57-55-53-51-48-25-23-21-19-17-15-13-11-9-7-2/h15,17,21,23,48,51,72H,6-14,16,18-20,22,24-47,49-50,52-71H2,1-5H3/p+1/b17-15-,23-21-,51-48-. The molecule has 0 fully saturated rings. The van der Waals surface area contributed by atoms with Crippen LogP contribution in [0.5, 0.6) is 0 Å². The normalized spacial score (nSPS) is 13.3. The zero-order chi connectivity index (χ0) is 61.2. The van der Waals surface area contributed by atoms with E-state index in [-0.39, 0.29) is 25.6 Å². The van der Waals surface area contributed by atoms with Crippen molar-refractivity contribution >= 4 is 19.8 Å². The van der Waals surface area contributed by atoms with Gasteiger partial charge in [-0.3, -0.25) is 18.6 Å². The quantitative estimate of drug-likeness (QED) is 0.0211. The third kappa shape index (κ3) is 69.3. The topological polar surface area (TPSA) is 108 Å². The van der Waals surface area contributed by atoms with E-state index < -0.39 is 26.5 Å². The average Bonchev–Trinajstić information content (AvgIpc) is 3.61. The van der Waals surface area contributed by atoms with Crippen molar-refractivity contribution in [3.8, 4) is 0 Å². The minimum atomic E-state index is -4.39. The van der Waals surface area contributed by atoms with Crippen LogP contribution in [0.3, 0.4) is 0 Å². The Balaban J connectivity index is 3.85. The van der Waals surface area contributed by atoms with Gasteiger partial charge in [-0.2, -0.15) is 0 Å². The summed E-state index contributed by atoms with van der Waals surface area (Å²) < 4.78 is 34.7. The Bertz CT molecular complexity index is 1510. The van der Waals surface area contributed by atoms with Gasteiger partial charge in [-0.05, 0) is 51.4 Å². The SMILES string of the molecule is CCCCC/C=C\C/C=C\C/C=C\CCCCCCCCC(=O)OC(COC(=O)CCCCCCCCCCCCCCCCCCCCCCCCCCCCCCCCCCCCCCCCCCC)COP(=O)(O)OCC[N+](C)(C)C. The summed E-state index contributed by atoms with van der Waals surface area (Å²) in [6, 6.07) is 0. The molecule has 0 amide bonds. The van der Waals surface area contributed by atoms with Crippen molar-refractivity contribution in [1.29, 1.82) is 0 Å². The number of nitrogens with zero attached hydrogens (tertiary/aromatic N) is 1. The summed E-state index contributed by atoms with van der Waals surface area (Å²) in [5, 5.41) is 0. The lowest BCUT2D eigenvalue weighted by atomic mass is 10.0. The van der Waals surface area contributed by atoms with Gasteiger partial charge in [0.15, 0.2) is 6.10 Å². The molecular formula is C74H143NO8P+. The van der Waals surface area contributed by atoms with Crippen molar-refractivity contribution in [3.63, 3.8) is 0 Å². The first kappa shape index (κ1) is 82.2. The highest BCUT2D eigenvalue weighted by molar-refractivity contribution is 7.47. The van der Waals surface area contributed by atoms with Gasteiger partial charge >= 0.3 is 19.8 Å². The third-order valence-corrected chi connectivity index (χ3v) is 17.7. The van der Waals surface area contributed by atoms with Gasteiger partial charge in [-0.1, -0.05) is 346 Å². The second-order valence-corrected chi connectivity index (χ2v) is 27.8. The Morgan fingerprint density at radius 1 is 0.369 bits per heavy atom. The van der Waals surface area contributed by atoms with Crippen molar-refractivity contribution in [3.05, 3.63) is 36.5 Å². The number of phosphoric ester groups is 1. The molecule has 496 valence electrons. The van der Waals surface area contributed by atoms with Gasteiger partial charge in [0.1, 0.15) is 19.8 Å². The van der Waals surface area contributed by atoms with Crippen LogP contribution in [0.25, 0.3) is 0 Å². The molecule has 0 aromatic heterocycles. The van der Waals surface area contributed by atoms with Crippen LogP contribution in [0, 0.1) is 0 Å². The van der Waals surface area contributed by atoms with E-state index in [9.17, 15) is 19.0 Å². The number of likely N-dealkylation sites (N-methyl/N-ethyl adjacent to an activating group) is 1. The minimum Gasteiger partial charge on any atom is -0.462 e. The number of rotatable bonds is 69. The molecule has 0 spiro atoms. The summed E-state index contributed by atoms with van der Waals surface area (Å²) in [6.07, 6.45) is 84.4. The highest BCUT2D eigenvalue weighted by Crippen LogP contribution is 2.43. The number of esters is 2. The molecule has 0 aromatic carbocycles. The van der Waals surface area contributed by atoms with Crippen LogP contribution in [0.4, 0.5) is 0 Å². The summed E-state index contributed by atoms with van der Waals surface area (Å²) in [5.41, 5.74) is 0. The van der Waals surface area contributed by atoms with Crippen molar-refractivity contribution in [2.75, 3.05) is 47.5 Å². The predicted octanol–water partition coefficient (Wildman–Crippen LogP) is 23.8. The summed E-state index contributed by atoms with van der Waals surface area (Å²) in [5.74, 6) is -0.796. The molecule has 0 bridgehead atoms. The van der Waals surface area contributed by atoms with Crippen LogP contribution < -0.4 is 0 Å². The van der Waals surface area contributed by atoms with E-state index in [0.717, 1.165) is 70.6 Å². The smallest absolute Gasteiger partial charge is 0.462 e. The van der Waals surface area contributed by atoms with E-state index in [2.05, 4.69) is 50.3 Å². The number of unbranched alkanes of at least 4 members (excludes halogenated alkanes) is 49. The van der Waals surface area contributed by atoms with Gasteiger partial charge in [-0.15, -0.1) is 0 Å². The van der Waals surface area contributed by atoms with Crippen LogP contribution in [-0.4, -0.2) is 74.9 Å². The summed E-state index contributed by atoms with van der Waals surface area (Å²) in [6.45, 7) is 4.45. The maximum absolute atomic E-state index is 12.8. The predicted molar refractivity (Wildman–Crippen MR) is 363 cm³/mol. The molecule has 84 heavy (non-hydrogen) atoms. The molecule has 0 radical (unpaired) electrons. The summed E-state index contributed by atoms with van der Waals surface area (Å²) in [7, 11) is 1.48. The summed E-state index contributed by atoms with van der Waals surface area (Å²) in [4.78, 5) is 35.8. The molecular weight excluding hydrogens is 1060 g/mol. The van der Waals surface area contributed by atoms with Gasteiger partial charge in [0.25, 0.3) is 0 Å². The Hall–Kier alpha value is -1.77. The lowest BCUT2D eigenvalue weighted by molar-refractivity contribution is -0.870. The molecule has 0 rings (SSSR count). The first-order chi connectivity index (χ1) is 41.0. The molecule has 0 saturated carbocycles. The molecule has 1 N–H and O–H groups in total. The third-order valence-electron chi connectivity index (χ3n) is 16.7. The fourth-order valence-corrected chi connectivity index (χ4v) is 11.8. The number of hydrogen-bond acceptors (Lipinski definition) is 7. The Kier molecular flexibility index (Phi) is 64.3. The molecule has 0 heterocycles. The van der Waals surface area contributed by atoms with Gasteiger partial charge in [0.2, 0.25) is 0 Å². The second kappa shape index (κ2) is 65.7. The maximum Gasteiger partial charge on any atom is 0.472 e. The Morgan fingerprint density at radius 2 is 0.643 bits per heavy atom. The molecule has 0 aliphatic carbocycles. The van der Waals surface area contributed by atoms with E-state index in [0.29, 0.717) is 23.9 Å². The van der Waals surface area contributed by atoms with Crippen molar-refractivity contribution in [2.45, 2.75) is 380 Å². The Labute approximate surface area is 522 Å². The fraction of sp³-hybridized carbons (Fsp3) is 0.892. The molecule has 2 unspecified atom stereocenters. The first-order valence-electron chi connectivity index (χ1n) is 36.7. The van der Waals surface area contributed by atoms with Crippen molar-refractivity contribution in [2.24, 2.45) is 0 Å². The van der Waals surface area contributed by atoms with Crippen LogP contribution >= 0.6 is 7.82 Å². The molecule has 0 aliphatic heterocycles. The average molecular weight is 1210 g/mol. The van der Waals surface area contributed by atoms with Crippen molar-refractivity contribution < 1.29 is 42.1 Å². The van der Waals surface area contributed by atoms with Crippen LogP contribution in [0.15, 0.2) is 36.5 Å². The van der Waals surface area contributed by atoms with E-state index in [1.54, 1.807) is 0 Å². The highest BCUT2D eigenvalue weighted by atomic mass is 31.2. The lowest BCUT2D eigenvalue weighted by Crippen LogP contribution is -2.37. The van der Waals surface area contributed by atoms with Crippen LogP contribution in [-0.2, 0) is 32.7 Å². The molecule has 9 nitrogen and oxygen atoms in total. The molecule has 2 atom stereocenters. The maximum atomic E-state index is 12.8. The summed E-state index contributed by atoms with van der Waals surface area (Å²) >= 11 is 0. The van der Waals surface area contributed by atoms with Crippen molar-refractivity contribution in [1.82, 2.24) is 0 Å². The second-order valence-electron chi connectivity index (χ2n) is 26.3. The van der Waals surface area contributed by atoms with Gasteiger partial charge in [-0.25, -0.2) is 4.57 Å². The number of allylic oxidation sites excluding steroid dienone is 6. The number of hydrogen-bond donors (Lipinski definition) is 1. The van der Waals surface area contributed by atoms with Gasteiger partial charge < -0.3 is 18.9 Å². The fourth-order valence-electron chi connectivity index (χ4n) is 11.0. The van der Waals surface area contributed by atoms with E-state index >= 15 is 0 Å². The molecule has 0 aliphatic rings. The largest absolute Gasteiger partial charge is 0.472 e. The monoisotopic (exact) mass is 1210 g/mol. The minimum absolute atomic E-state index is 0.0302. The first-order valence-corrected chi connectivity index (χ1v) is 38.2. The molecule has 10 heteroatoms. The number of carbonyl (C=O) groups is 2. The lowest BCUT2D eigenvalue weighted by Gasteiger charge is -2.24. The Morgan fingerprint density at radius 3 is 0.976 bits per heavy atom. The van der Waals surface area contributed by atoms with E-state index in [1.807, 2.05) is 21.1 Å². The zero-order valence-corrected chi connectivity index (χ0v) is 57.6. The number of quaternary nitrogens is 1. The van der Waals surface area contributed by atoms with Crippen LogP contribution in [0.2, 0.25) is 0 Å². The van der Waals surface area contributed by atoms with Gasteiger partial charge in [0, 0.05) is 12.8 Å². The molecule has 0 saturated heterocycles. The zero-order valence-electron chi connectivity index (χ0n) is 56.7. The number of carbonyl (C=O) groups excluding carboxylic acids is 2. The van der Waals surface area contributed by atoms with E-state index in [1.165, 1.54) is 270 Å². The molecule has 0 aromatic rings. The van der Waals surface area contributed by atoms with Crippen LogP contribution in [0.1, 0.15) is 373 Å². The highest BCUT2D eigenvalue weighted by Gasteiger charge is 2.27. The van der Waals surface area contributed by atoms with Gasteiger partial charge in [0.05, 0.1) is 27.7 Å². The van der Waals surface area contributed by atoms with E-state index in [4.69, 9.17) is 18.5 Å². The number of phosphoric acid groups is 1. The number of ether oxygens (including phenoxy) is 2.